The van der Waals surface area contributed by atoms with E-state index in [4.69, 9.17) is 0 Å². The Morgan fingerprint density at radius 1 is 0.917 bits per heavy atom. The molecule has 0 saturated carbocycles. The topological polar surface area (TPSA) is 61.4 Å². The molecule has 0 saturated heterocycles. The van der Waals surface area contributed by atoms with E-state index in [1.54, 1.807) is 18.2 Å². The van der Waals surface area contributed by atoms with Gasteiger partial charge in [0.05, 0.1) is 5.41 Å². The summed E-state index contributed by atoms with van der Waals surface area (Å²) in [4.78, 5) is 26.6. The fourth-order valence-corrected chi connectivity index (χ4v) is 2.25. The lowest BCUT2D eigenvalue weighted by molar-refractivity contribution is -0.126. The summed E-state index contributed by atoms with van der Waals surface area (Å²) < 4.78 is 0. The van der Waals surface area contributed by atoms with E-state index in [-0.39, 0.29) is 11.8 Å². The zero-order chi connectivity index (χ0) is 17.7. The van der Waals surface area contributed by atoms with Crippen molar-refractivity contribution >= 4 is 17.5 Å². The van der Waals surface area contributed by atoms with E-state index in [2.05, 4.69) is 10.9 Å². The lowest BCUT2D eigenvalue weighted by atomic mass is 9.84. The van der Waals surface area contributed by atoms with Gasteiger partial charge in [0.2, 0.25) is 5.91 Å². The van der Waals surface area contributed by atoms with Gasteiger partial charge in [-0.1, -0.05) is 36.4 Å². The Morgan fingerprint density at radius 3 is 2.21 bits per heavy atom. The first kappa shape index (κ1) is 17.5. The number of carbonyl (C=O) groups is 2. The number of nitrogens with zero attached hydrogens (tertiary/aromatic N) is 1. The Morgan fingerprint density at radius 2 is 1.58 bits per heavy atom. The van der Waals surface area contributed by atoms with Crippen molar-refractivity contribution in [2.45, 2.75) is 19.3 Å². The Balaban J connectivity index is 2.03. The largest absolute Gasteiger partial charge is 0.378 e. The molecule has 0 aliphatic rings. The van der Waals surface area contributed by atoms with Crippen molar-refractivity contribution in [3.8, 4) is 0 Å². The number of rotatable bonds is 4. The SMILES string of the molecule is CN(C)c1cccc(C(=O)NNC(=O)C(C)(C)c2ccccc2)c1. The van der Waals surface area contributed by atoms with Gasteiger partial charge >= 0.3 is 0 Å². The first-order valence-electron chi connectivity index (χ1n) is 7.76. The summed E-state index contributed by atoms with van der Waals surface area (Å²) in [7, 11) is 3.81. The zero-order valence-electron chi connectivity index (χ0n) is 14.5. The van der Waals surface area contributed by atoms with Crippen molar-refractivity contribution in [3.63, 3.8) is 0 Å². The molecule has 0 unspecified atom stereocenters. The van der Waals surface area contributed by atoms with Gasteiger partial charge < -0.3 is 4.90 Å². The summed E-state index contributed by atoms with van der Waals surface area (Å²) in [5.74, 6) is -0.623. The molecule has 5 heteroatoms. The van der Waals surface area contributed by atoms with Crippen LogP contribution in [0.3, 0.4) is 0 Å². The molecule has 0 atom stereocenters. The van der Waals surface area contributed by atoms with Gasteiger partial charge in [-0.15, -0.1) is 0 Å². The van der Waals surface area contributed by atoms with Crippen molar-refractivity contribution in [2.75, 3.05) is 19.0 Å². The molecule has 2 amide bonds. The normalized spacial score (nSPS) is 10.8. The third kappa shape index (κ3) is 3.93. The molecule has 0 aromatic heterocycles. The highest BCUT2D eigenvalue weighted by molar-refractivity contribution is 5.97. The van der Waals surface area contributed by atoms with Gasteiger partial charge in [-0.05, 0) is 37.6 Å². The first-order valence-corrected chi connectivity index (χ1v) is 7.76. The predicted octanol–water partition coefficient (Wildman–Crippen LogP) is 2.49. The molecule has 126 valence electrons. The van der Waals surface area contributed by atoms with Crippen molar-refractivity contribution < 1.29 is 9.59 Å². The summed E-state index contributed by atoms with van der Waals surface area (Å²) in [5, 5.41) is 0. The molecule has 0 aliphatic heterocycles. The number of hydrogen-bond donors (Lipinski definition) is 2. The van der Waals surface area contributed by atoms with Crippen LogP contribution >= 0.6 is 0 Å². The van der Waals surface area contributed by atoms with Crippen LogP contribution in [-0.2, 0) is 10.2 Å². The number of nitrogens with one attached hydrogen (secondary N) is 2. The molecule has 0 aliphatic carbocycles. The van der Waals surface area contributed by atoms with Gasteiger partial charge in [-0.3, -0.25) is 20.4 Å². The minimum atomic E-state index is -0.750. The summed E-state index contributed by atoms with van der Waals surface area (Å²) in [5.41, 5.74) is 6.53. The van der Waals surface area contributed by atoms with E-state index in [1.165, 1.54) is 0 Å². The minimum absolute atomic E-state index is 0.272. The van der Waals surface area contributed by atoms with Crippen LogP contribution in [0.25, 0.3) is 0 Å². The van der Waals surface area contributed by atoms with Gasteiger partial charge in [0.1, 0.15) is 0 Å². The van der Waals surface area contributed by atoms with Crippen LogP contribution in [0.1, 0.15) is 29.8 Å². The average Bonchev–Trinajstić information content (AvgIpc) is 2.60. The summed E-state index contributed by atoms with van der Waals surface area (Å²) in [6.07, 6.45) is 0. The second-order valence-electron chi connectivity index (χ2n) is 6.34. The average molecular weight is 325 g/mol. The molecule has 2 aromatic rings. The Labute approximate surface area is 142 Å². The van der Waals surface area contributed by atoms with E-state index in [0.717, 1.165) is 11.3 Å². The number of benzene rings is 2. The monoisotopic (exact) mass is 325 g/mol. The maximum atomic E-state index is 12.4. The van der Waals surface area contributed by atoms with Crippen LogP contribution in [0.4, 0.5) is 5.69 Å². The predicted molar refractivity (Wildman–Crippen MR) is 95.8 cm³/mol. The Hall–Kier alpha value is -2.82. The van der Waals surface area contributed by atoms with E-state index in [0.29, 0.717) is 5.56 Å². The van der Waals surface area contributed by atoms with E-state index in [9.17, 15) is 9.59 Å². The van der Waals surface area contributed by atoms with Crippen LogP contribution in [-0.4, -0.2) is 25.9 Å². The minimum Gasteiger partial charge on any atom is -0.378 e. The third-order valence-corrected chi connectivity index (χ3v) is 3.98. The lowest BCUT2D eigenvalue weighted by Gasteiger charge is -2.24. The van der Waals surface area contributed by atoms with E-state index >= 15 is 0 Å². The number of hydrogen-bond acceptors (Lipinski definition) is 3. The second kappa shape index (κ2) is 7.17. The number of hydrazine groups is 1. The Bertz CT molecular complexity index is 724. The van der Waals surface area contributed by atoms with Gasteiger partial charge in [0.25, 0.3) is 5.91 Å². The number of anilines is 1. The maximum absolute atomic E-state index is 12.4. The summed E-state index contributed by atoms with van der Waals surface area (Å²) in [6, 6.07) is 16.6. The molecular weight excluding hydrogens is 302 g/mol. The highest BCUT2D eigenvalue weighted by Crippen LogP contribution is 2.22. The molecule has 0 bridgehead atoms. The molecule has 2 rings (SSSR count). The molecular formula is C19H23N3O2. The number of carbonyl (C=O) groups excluding carboxylic acids is 2. The summed E-state index contributed by atoms with van der Waals surface area (Å²) in [6.45, 7) is 3.63. The molecule has 0 radical (unpaired) electrons. The van der Waals surface area contributed by atoms with Crippen LogP contribution in [0.2, 0.25) is 0 Å². The highest BCUT2D eigenvalue weighted by atomic mass is 16.2. The fraction of sp³-hybridized carbons (Fsp3) is 0.263. The van der Waals surface area contributed by atoms with Gasteiger partial charge in [0, 0.05) is 25.3 Å². The third-order valence-electron chi connectivity index (χ3n) is 3.98. The quantitative estimate of drug-likeness (QED) is 0.849. The van der Waals surface area contributed by atoms with Gasteiger partial charge in [0.15, 0.2) is 0 Å². The van der Waals surface area contributed by atoms with E-state index < -0.39 is 5.41 Å². The van der Waals surface area contributed by atoms with Crippen molar-refractivity contribution in [1.82, 2.24) is 10.9 Å². The van der Waals surface area contributed by atoms with Crippen molar-refractivity contribution in [3.05, 3.63) is 65.7 Å². The zero-order valence-corrected chi connectivity index (χ0v) is 14.5. The lowest BCUT2D eigenvalue weighted by Crippen LogP contribution is -2.49. The maximum Gasteiger partial charge on any atom is 0.269 e. The van der Waals surface area contributed by atoms with Crippen molar-refractivity contribution in [2.24, 2.45) is 0 Å². The van der Waals surface area contributed by atoms with Gasteiger partial charge in [-0.2, -0.15) is 0 Å². The molecule has 0 spiro atoms. The molecule has 0 heterocycles. The number of amides is 2. The fourth-order valence-electron chi connectivity index (χ4n) is 2.25. The van der Waals surface area contributed by atoms with Crippen LogP contribution in [0.5, 0.6) is 0 Å². The standard InChI is InChI=1S/C19H23N3O2/c1-19(2,15-10-6-5-7-11-15)18(24)21-20-17(23)14-9-8-12-16(13-14)22(3)4/h5-13H,1-4H3,(H,20,23)(H,21,24). The molecule has 24 heavy (non-hydrogen) atoms. The van der Waals surface area contributed by atoms with Gasteiger partial charge in [-0.25, -0.2) is 0 Å². The second-order valence-corrected chi connectivity index (χ2v) is 6.34. The van der Waals surface area contributed by atoms with Crippen molar-refractivity contribution in [1.29, 1.82) is 0 Å². The molecule has 2 N–H and O–H groups in total. The smallest absolute Gasteiger partial charge is 0.269 e. The molecule has 5 nitrogen and oxygen atoms in total. The van der Waals surface area contributed by atoms with Crippen LogP contribution in [0.15, 0.2) is 54.6 Å². The van der Waals surface area contributed by atoms with Crippen LogP contribution in [0, 0.1) is 0 Å². The molecule has 2 aromatic carbocycles. The molecule has 0 fully saturated rings. The first-order chi connectivity index (χ1) is 11.3. The highest BCUT2D eigenvalue weighted by Gasteiger charge is 2.29. The van der Waals surface area contributed by atoms with Crippen LogP contribution < -0.4 is 15.8 Å². The summed E-state index contributed by atoms with van der Waals surface area (Å²) >= 11 is 0. The van der Waals surface area contributed by atoms with E-state index in [1.807, 2.05) is 69.2 Å². The Kier molecular flexibility index (Phi) is 5.24.